The number of epoxide rings is 2. The fraction of sp³-hybridized carbons (Fsp3) is 0.909. The summed E-state index contributed by atoms with van der Waals surface area (Å²) < 4.78 is 28.4. The van der Waals surface area contributed by atoms with Crippen molar-refractivity contribution in [1.29, 1.82) is 0 Å². The standard InChI is InChI=1S/C22H30O7/c23-21(25-9-11-4-5-13-8-17(11)27-13)14-6-7-15(20-19(14)29-20)22(24)26-10-12-2-1-3-16-18(12)28-16/h11-20H,1-10H2. The number of carbonyl (C=O) groups excluding carboxylic acids is 2. The third-order valence-corrected chi connectivity index (χ3v) is 8.03. The Bertz CT molecular complexity index is 635. The molecule has 7 heteroatoms. The first-order valence-corrected chi connectivity index (χ1v) is 11.5. The average Bonchev–Trinajstić information content (AvgIpc) is 3.62. The number of ether oxygens (including phenoxy) is 5. The van der Waals surface area contributed by atoms with Crippen molar-refractivity contribution in [3.05, 3.63) is 0 Å². The van der Waals surface area contributed by atoms with E-state index in [1.54, 1.807) is 0 Å². The van der Waals surface area contributed by atoms with Gasteiger partial charge in [-0.2, -0.15) is 0 Å². The zero-order chi connectivity index (χ0) is 19.5. The van der Waals surface area contributed by atoms with E-state index in [0.717, 1.165) is 38.5 Å². The van der Waals surface area contributed by atoms with E-state index >= 15 is 0 Å². The predicted octanol–water partition coefficient (Wildman–Crippen LogP) is 2.00. The average molecular weight is 406 g/mol. The fourth-order valence-corrected chi connectivity index (χ4v) is 6.06. The van der Waals surface area contributed by atoms with Crippen LogP contribution in [0.3, 0.4) is 0 Å². The van der Waals surface area contributed by atoms with Gasteiger partial charge in [0.25, 0.3) is 0 Å². The quantitative estimate of drug-likeness (QED) is 0.492. The van der Waals surface area contributed by atoms with Crippen LogP contribution in [-0.4, -0.2) is 61.8 Å². The van der Waals surface area contributed by atoms with Crippen LogP contribution in [0.5, 0.6) is 0 Å². The highest BCUT2D eigenvalue weighted by atomic mass is 16.6. The third kappa shape index (κ3) is 3.49. The molecule has 0 amide bonds. The molecule has 0 aromatic carbocycles. The lowest BCUT2D eigenvalue weighted by molar-refractivity contribution is -0.197. The second kappa shape index (κ2) is 7.20. The minimum absolute atomic E-state index is 0.175. The summed E-state index contributed by atoms with van der Waals surface area (Å²) in [5.74, 6) is -0.171. The van der Waals surface area contributed by atoms with Gasteiger partial charge in [0.2, 0.25) is 0 Å². The number of carbonyl (C=O) groups is 2. The summed E-state index contributed by atoms with van der Waals surface area (Å²) in [6.45, 7) is 0.895. The molecule has 0 spiro atoms. The van der Waals surface area contributed by atoms with Gasteiger partial charge in [0, 0.05) is 18.3 Å². The zero-order valence-electron chi connectivity index (χ0n) is 16.7. The zero-order valence-corrected chi connectivity index (χ0v) is 16.7. The summed E-state index contributed by atoms with van der Waals surface area (Å²) in [7, 11) is 0. The van der Waals surface area contributed by atoms with E-state index in [1.165, 1.54) is 0 Å². The molecule has 4 heterocycles. The highest BCUT2D eigenvalue weighted by Crippen LogP contribution is 2.46. The van der Waals surface area contributed by atoms with E-state index < -0.39 is 0 Å². The molecule has 0 aromatic heterocycles. The predicted molar refractivity (Wildman–Crippen MR) is 98.8 cm³/mol. The largest absolute Gasteiger partial charge is 0.465 e. The van der Waals surface area contributed by atoms with E-state index in [1.807, 2.05) is 0 Å². The van der Waals surface area contributed by atoms with Crippen LogP contribution in [0.4, 0.5) is 0 Å². The number of hydrogen-bond donors (Lipinski definition) is 0. The van der Waals surface area contributed by atoms with Crippen LogP contribution in [0.2, 0.25) is 0 Å². The number of fused-ring (bicyclic) bond motifs is 4. The lowest BCUT2D eigenvalue weighted by Gasteiger charge is -2.46. The highest BCUT2D eigenvalue weighted by molar-refractivity contribution is 5.77. The molecule has 10 atom stereocenters. The van der Waals surface area contributed by atoms with Gasteiger partial charge in [-0.3, -0.25) is 9.59 Å². The van der Waals surface area contributed by atoms with Gasteiger partial charge in [0.1, 0.15) is 0 Å². The van der Waals surface area contributed by atoms with Crippen molar-refractivity contribution < 1.29 is 33.3 Å². The van der Waals surface area contributed by atoms with E-state index in [4.69, 9.17) is 23.7 Å². The molecule has 160 valence electrons. The van der Waals surface area contributed by atoms with Crippen LogP contribution >= 0.6 is 0 Å². The smallest absolute Gasteiger partial charge is 0.311 e. The van der Waals surface area contributed by atoms with Crippen molar-refractivity contribution >= 4 is 11.9 Å². The van der Waals surface area contributed by atoms with Crippen molar-refractivity contribution in [1.82, 2.24) is 0 Å². The molecule has 7 aliphatic rings. The monoisotopic (exact) mass is 406 g/mol. The molecule has 7 rings (SSSR count). The van der Waals surface area contributed by atoms with Gasteiger partial charge in [-0.25, -0.2) is 0 Å². The molecule has 0 N–H and O–H groups in total. The van der Waals surface area contributed by atoms with Gasteiger partial charge in [0.15, 0.2) is 0 Å². The van der Waals surface area contributed by atoms with Crippen molar-refractivity contribution in [2.75, 3.05) is 13.2 Å². The normalized spacial score (nSPS) is 49.1. The van der Waals surface area contributed by atoms with Gasteiger partial charge in [0.05, 0.1) is 61.7 Å². The topological polar surface area (TPSA) is 86.9 Å². The van der Waals surface area contributed by atoms with Crippen LogP contribution in [0, 0.1) is 23.7 Å². The van der Waals surface area contributed by atoms with Crippen LogP contribution in [0.25, 0.3) is 0 Å². The number of esters is 2. The molecule has 10 unspecified atom stereocenters. The first-order chi connectivity index (χ1) is 14.2. The lowest BCUT2D eigenvalue weighted by atomic mass is 9.80. The minimum atomic E-state index is -0.248. The molecule has 0 aromatic rings. The Morgan fingerprint density at radius 1 is 0.690 bits per heavy atom. The molecule has 7 fully saturated rings. The van der Waals surface area contributed by atoms with Crippen molar-refractivity contribution in [2.24, 2.45) is 23.7 Å². The third-order valence-electron chi connectivity index (χ3n) is 8.03. The van der Waals surface area contributed by atoms with Crippen LogP contribution in [0.15, 0.2) is 0 Å². The molecule has 2 bridgehead atoms. The molecule has 4 aliphatic heterocycles. The second-order valence-corrected chi connectivity index (χ2v) is 9.82. The molecular weight excluding hydrogens is 376 g/mol. The minimum Gasteiger partial charge on any atom is -0.465 e. The van der Waals surface area contributed by atoms with Crippen LogP contribution < -0.4 is 0 Å². The molecule has 29 heavy (non-hydrogen) atoms. The van der Waals surface area contributed by atoms with Crippen LogP contribution in [0.1, 0.15) is 51.4 Å². The maximum Gasteiger partial charge on any atom is 0.311 e. The highest BCUT2D eigenvalue weighted by Gasteiger charge is 2.58. The van der Waals surface area contributed by atoms with Gasteiger partial charge in [-0.15, -0.1) is 0 Å². The molecule has 0 radical (unpaired) electrons. The Labute approximate surface area is 170 Å². The van der Waals surface area contributed by atoms with Crippen molar-refractivity contribution in [2.45, 2.75) is 88.0 Å². The number of rotatable bonds is 6. The Balaban J connectivity index is 0.954. The summed E-state index contributed by atoms with van der Waals surface area (Å²) in [5, 5.41) is 0. The summed E-state index contributed by atoms with van der Waals surface area (Å²) in [6, 6.07) is 0. The van der Waals surface area contributed by atoms with Gasteiger partial charge >= 0.3 is 11.9 Å². The lowest BCUT2D eigenvalue weighted by Crippen LogP contribution is -2.49. The van der Waals surface area contributed by atoms with Crippen molar-refractivity contribution in [3.8, 4) is 0 Å². The maximum atomic E-state index is 12.6. The van der Waals surface area contributed by atoms with Gasteiger partial charge < -0.3 is 23.7 Å². The Morgan fingerprint density at radius 3 is 2.03 bits per heavy atom. The second-order valence-electron chi connectivity index (χ2n) is 9.82. The Morgan fingerprint density at radius 2 is 1.38 bits per heavy atom. The summed E-state index contributed by atoms with van der Waals surface area (Å²) in [4.78, 5) is 25.1. The Kier molecular flexibility index (Phi) is 4.61. The van der Waals surface area contributed by atoms with Gasteiger partial charge in [-0.05, 0) is 38.5 Å². The summed E-state index contributed by atoms with van der Waals surface area (Å²) in [6.07, 6.45) is 8.94. The van der Waals surface area contributed by atoms with E-state index in [9.17, 15) is 9.59 Å². The van der Waals surface area contributed by atoms with Gasteiger partial charge in [-0.1, -0.05) is 6.42 Å². The molecular formula is C22H30O7. The van der Waals surface area contributed by atoms with Crippen LogP contribution in [-0.2, 0) is 33.3 Å². The van der Waals surface area contributed by atoms with E-state index in [2.05, 4.69) is 0 Å². The molecule has 3 aliphatic carbocycles. The molecule has 3 saturated carbocycles. The summed E-state index contributed by atoms with van der Waals surface area (Å²) in [5.41, 5.74) is 0. The molecule has 7 nitrogen and oxygen atoms in total. The SMILES string of the molecule is O=C(OCC1CCC2CC1O2)C1CCC(C(=O)OCC2CCCC3OC23)C2OC12. The summed E-state index contributed by atoms with van der Waals surface area (Å²) >= 11 is 0. The van der Waals surface area contributed by atoms with E-state index in [0.29, 0.717) is 56.2 Å². The van der Waals surface area contributed by atoms with Crippen molar-refractivity contribution in [3.63, 3.8) is 0 Å². The molecule has 4 saturated heterocycles. The number of hydrogen-bond acceptors (Lipinski definition) is 7. The van der Waals surface area contributed by atoms with E-state index in [-0.39, 0.29) is 42.1 Å². The fourth-order valence-electron chi connectivity index (χ4n) is 6.06. The first kappa shape index (κ1) is 18.6. The first-order valence-electron chi connectivity index (χ1n) is 11.5. The maximum absolute atomic E-state index is 12.6. The Hall–Kier alpha value is -1.18.